The number of amides is 2. The topological polar surface area (TPSA) is 67.9 Å². The molecule has 3 atom stereocenters. The number of carbonyl (C=O) groups excluding carboxylic acids is 2. The van der Waals surface area contributed by atoms with Crippen LogP contribution < -0.4 is 10.1 Å². The second-order valence-electron chi connectivity index (χ2n) is 8.42. The largest absolute Gasteiger partial charge is 0.488 e. The summed E-state index contributed by atoms with van der Waals surface area (Å²) in [5, 5.41) is 2.81. The Bertz CT molecular complexity index is 952. The zero-order valence-electron chi connectivity index (χ0n) is 18.3. The number of nitrogens with one attached hydrogen (secondary N) is 1. The number of anilines is 1. The molecule has 1 aliphatic carbocycles. The van der Waals surface area contributed by atoms with Gasteiger partial charge in [-0.25, -0.2) is 4.39 Å². The Morgan fingerprint density at radius 1 is 1.09 bits per heavy atom. The monoisotopic (exact) mass is 440 g/mol. The number of benzene rings is 2. The minimum absolute atomic E-state index is 0.0699. The number of nitrogens with zero attached hydrogens (tertiary/aromatic N) is 1. The average molecular weight is 441 g/mol. The lowest BCUT2D eigenvalue weighted by molar-refractivity contribution is -0.120. The number of hydrogen-bond acceptors (Lipinski definition) is 4. The maximum Gasteiger partial charge on any atom is 0.254 e. The first-order valence-corrected chi connectivity index (χ1v) is 11.2. The molecular formula is C25H29FN2O4. The fourth-order valence-electron chi connectivity index (χ4n) is 4.87. The van der Waals surface area contributed by atoms with E-state index >= 15 is 0 Å². The molecule has 1 N–H and O–H groups in total. The number of fused-ring (bicyclic) bond motifs is 1. The highest BCUT2D eigenvalue weighted by molar-refractivity contribution is 6.01. The molecule has 1 aliphatic heterocycles. The van der Waals surface area contributed by atoms with E-state index in [-0.39, 0.29) is 30.2 Å². The zero-order valence-corrected chi connectivity index (χ0v) is 18.3. The van der Waals surface area contributed by atoms with Gasteiger partial charge in [-0.15, -0.1) is 0 Å². The Morgan fingerprint density at radius 2 is 1.88 bits per heavy atom. The van der Waals surface area contributed by atoms with Crippen molar-refractivity contribution < 1.29 is 23.5 Å². The first-order valence-electron chi connectivity index (χ1n) is 11.2. The number of halogens is 1. The molecular weight excluding hydrogens is 411 g/mol. The van der Waals surface area contributed by atoms with Gasteiger partial charge in [0.1, 0.15) is 12.6 Å². The summed E-state index contributed by atoms with van der Waals surface area (Å²) in [6.45, 7) is 0.591. The maximum absolute atomic E-state index is 14.4. The zero-order chi connectivity index (χ0) is 22.5. The average Bonchev–Trinajstić information content (AvgIpc) is 3.20. The Morgan fingerprint density at radius 3 is 2.62 bits per heavy atom. The molecule has 170 valence electrons. The lowest BCUT2D eigenvalue weighted by atomic mass is 9.84. The van der Waals surface area contributed by atoms with Gasteiger partial charge in [0.25, 0.3) is 5.91 Å². The van der Waals surface area contributed by atoms with Crippen LogP contribution in [0.2, 0.25) is 0 Å². The van der Waals surface area contributed by atoms with Gasteiger partial charge in [0.05, 0.1) is 6.61 Å². The summed E-state index contributed by atoms with van der Waals surface area (Å²) in [6.07, 6.45) is 4.75. The van der Waals surface area contributed by atoms with E-state index in [0.717, 1.165) is 25.7 Å². The number of ether oxygens (including phenoxy) is 2. The SMILES string of the molecule is COCCOc1ccc(NC(=O)C2CC3CCCCC3N2C(=O)c2ccccc2)cc1F. The molecule has 2 aromatic carbocycles. The van der Waals surface area contributed by atoms with Crippen molar-refractivity contribution in [3.63, 3.8) is 0 Å². The van der Waals surface area contributed by atoms with Gasteiger partial charge in [0.15, 0.2) is 11.6 Å². The fourth-order valence-corrected chi connectivity index (χ4v) is 4.87. The van der Waals surface area contributed by atoms with Crippen LogP contribution in [-0.4, -0.2) is 49.1 Å². The molecule has 1 saturated heterocycles. The van der Waals surface area contributed by atoms with Crippen LogP contribution in [0.15, 0.2) is 48.5 Å². The second-order valence-corrected chi connectivity index (χ2v) is 8.42. The number of likely N-dealkylation sites (tertiary alicyclic amines) is 1. The van der Waals surface area contributed by atoms with E-state index < -0.39 is 11.9 Å². The summed E-state index contributed by atoms with van der Waals surface area (Å²) in [5.41, 5.74) is 0.925. The van der Waals surface area contributed by atoms with E-state index in [4.69, 9.17) is 9.47 Å². The van der Waals surface area contributed by atoms with Crippen LogP contribution in [0.4, 0.5) is 10.1 Å². The van der Waals surface area contributed by atoms with Crippen molar-refractivity contribution in [3.8, 4) is 5.75 Å². The predicted molar refractivity (Wildman–Crippen MR) is 119 cm³/mol. The third-order valence-corrected chi connectivity index (χ3v) is 6.39. The van der Waals surface area contributed by atoms with Gasteiger partial charge in [-0.3, -0.25) is 9.59 Å². The van der Waals surface area contributed by atoms with Gasteiger partial charge >= 0.3 is 0 Å². The Labute approximate surface area is 187 Å². The molecule has 0 bridgehead atoms. The number of rotatable bonds is 7. The van der Waals surface area contributed by atoms with Crippen molar-refractivity contribution in [3.05, 3.63) is 59.9 Å². The summed E-state index contributed by atoms with van der Waals surface area (Å²) in [5.74, 6) is -0.533. The van der Waals surface area contributed by atoms with Crippen LogP contribution >= 0.6 is 0 Å². The van der Waals surface area contributed by atoms with E-state index in [1.165, 1.54) is 12.1 Å². The molecule has 2 amide bonds. The normalized spacial score (nSPS) is 22.3. The van der Waals surface area contributed by atoms with Gasteiger partial charge < -0.3 is 19.7 Å². The predicted octanol–water partition coefficient (Wildman–Crippen LogP) is 4.26. The van der Waals surface area contributed by atoms with E-state index in [1.807, 2.05) is 18.2 Å². The van der Waals surface area contributed by atoms with Crippen molar-refractivity contribution in [2.24, 2.45) is 5.92 Å². The maximum atomic E-state index is 14.4. The first kappa shape index (κ1) is 22.3. The van der Waals surface area contributed by atoms with E-state index in [1.54, 1.807) is 30.2 Å². The third kappa shape index (κ3) is 4.78. The van der Waals surface area contributed by atoms with Crippen molar-refractivity contribution in [1.29, 1.82) is 0 Å². The number of hydrogen-bond donors (Lipinski definition) is 1. The number of methoxy groups -OCH3 is 1. The Balaban J connectivity index is 1.51. The quantitative estimate of drug-likeness (QED) is 0.653. The van der Waals surface area contributed by atoms with E-state index in [0.29, 0.717) is 30.2 Å². The van der Waals surface area contributed by atoms with E-state index in [2.05, 4.69) is 5.32 Å². The number of carbonyl (C=O) groups is 2. The van der Waals surface area contributed by atoms with Gasteiger partial charge in [-0.1, -0.05) is 31.0 Å². The van der Waals surface area contributed by atoms with Crippen LogP contribution in [0.5, 0.6) is 5.75 Å². The molecule has 0 spiro atoms. The molecule has 32 heavy (non-hydrogen) atoms. The lowest BCUT2D eigenvalue weighted by Gasteiger charge is -2.33. The fraction of sp³-hybridized carbons (Fsp3) is 0.440. The van der Waals surface area contributed by atoms with Crippen molar-refractivity contribution in [2.45, 2.75) is 44.2 Å². The molecule has 2 aliphatic rings. The van der Waals surface area contributed by atoms with Crippen LogP contribution in [0.1, 0.15) is 42.5 Å². The lowest BCUT2D eigenvalue weighted by Crippen LogP contribution is -2.47. The first-order chi connectivity index (χ1) is 15.6. The highest BCUT2D eigenvalue weighted by Gasteiger charge is 2.47. The molecule has 1 saturated carbocycles. The van der Waals surface area contributed by atoms with E-state index in [9.17, 15) is 14.0 Å². The van der Waals surface area contributed by atoms with Crippen LogP contribution in [0.25, 0.3) is 0 Å². The molecule has 7 heteroatoms. The molecule has 2 aromatic rings. The van der Waals surface area contributed by atoms with Crippen LogP contribution in [0.3, 0.4) is 0 Å². The molecule has 3 unspecified atom stereocenters. The van der Waals surface area contributed by atoms with Gasteiger partial charge in [-0.05, 0) is 49.4 Å². The standard InChI is InChI=1S/C25H29FN2O4/c1-31-13-14-32-23-12-11-19(16-20(23)26)27-24(29)22-15-18-9-5-6-10-21(18)28(22)25(30)17-7-3-2-4-8-17/h2-4,7-8,11-12,16,18,21-22H,5-6,9-10,13-15H2,1H3,(H,27,29). The van der Waals surface area contributed by atoms with Gasteiger partial charge in [-0.2, -0.15) is 0 Å². The minimum Gasteiger partial charge on any atom is -0.488 e. The molecule has 1 heterocycles. The summed E-state index contributed by atoms with van der Waals surface area (Å²) < 4.78 is 24.6. The summed E-state index contributed by atoms with van der Waals surface area (Å²) >= 11 is 0. The van der Waals surface area contributed by atoms with Crippen molar-refractivity contribution in [1.82, 2.24) is 4.90 Å². The molecule has 4 rings (SSSR count). The molecule has 6 nitrogen and oxygen atoms in total. The highest BCUT2D eigenvalue weighted by Crippen LogP contribution is 2.41. The van der Waals surface area contributed by atoms with Gasteiger partial charge in [0.2, 0.25) is 5.91 Å². The van der Waals surface area contributed by atoms with Gasteiger partial charge in [0, 0.05) is 30.5 Å². The summed E-state index contributed by atoms with van der Waals surface area (Å²) in [7, 11) is 1.54. The molecule has 0 radical (unpaired) electrons. The van der Waals surface area contributed by atoms with Crippen LogP contribution in [0, 0.1) is 11.7 Å². The smallest absolute Gasteiger partial charge is 0.254 e. The summed E-state index contributed by atoms with van der Waals surface area (Å²) in [4.78, 5) is 28.4. The minimum atomic E-state index is -0.573. The Kier molecular flexibility index (Phi) is 7.05. The van der Waals surface area contributed by atoms with Crippen molar-refractivity contribution >= 4 is 17.5 Å². The molecule has 0 aromatic heterocycles. The third-order valence-electron chi connectivity index (χ3n) is 6.39. The Hall–Kier alpha value is -2.93. The summed E-state index contributed by atoms with van der Waals surface area (Å²) in [6, 6.07) is 12.9. The van der Waals surface area contributed by atoms with Crippen molar-refractivity contribution in [2.75, 3.05) is 25.6 Å². The highest BCUT2D eigenvalue weighted by atomic mass is 19.1. The second kappa shape index (κ2) is 10.1. The van der Waals surface area contributed by atoms with Crippen LogP contribution in [-0.2, 0) is 9.53 Å². The molecule has 2 fully saturated rings.